The van der Waals surface area contributed by atoms with Gasteiger partial charge >= 0.3 is 0 Å². The van der Waals surface area contributed by atoms with Gasteiger partial charge in [0.25, 0.3) is 5.91 Å². The van der Waals surface area contributed by atoms with Crippen LogP contribution in [-0.4, -0.2) is 24.0 Å². The van der Waals surface area contributed by atoms with Gasteiger partial charge in [-0.3, -0.25) is 9.59 Å². The molecular weight excluding hydrogens is 266 g/mol. The molecule has 0 atom stereocenters. The Bertz CT molecular complexity index is 682. The van der Waals surface area contributed by atoms with E-state index in [0.29, 0.717) is 5.56 Å². The summed E-state index contributed by atoms with van der Waals surface area (Å²) in [5.41, 5.74) is 2.07. The van der Waals surface area contributed by atoms with E-state index >= 15 is 0 Å². The molecule has 0 radical (unpaired) electrons. The summed E-state index contributed by atoms with van der Waals surface area (Å²) >= 11 is 0. The smallest absolute Gasteiger partial charge is 0.257 e. The molecule has 1 aromatic carbocycles. The Balaban J connectivity index is 1.82. The minimum atomic E-state index is -0.224. The number of carbonyl (C=O) groups excluding carboxylic acids is 1. The number of hydrogen-bond donors (Lipinski definition) is 2. The van der Waals surface area contributed by atoms with Crippen LogP contribution in [0.3, 0.4) is 0 Å². The molecule has 1 amide bonds. The van der Waals surface area contributed by atoms with E-state index in [1.807, 2.05) is 24.3 Å². The molecule has 1 fully saturated rings. The second-order valence-electron chi connectivity index (χ2n) is 5.11. The quantitative estimate of drug-likeness (QED) is 0.908. The summed E-state index contributed by atoms with van der Waals surface area (Å²) in [4.78, 5) is 28.1. The second kappa shape index (κ2) is 5.83. The highest BCUT2D eigenvalue weighted by Gasteiger charge is 2.16. The number of H-pyrrole nitrogens is 1. The van der Waals surface area contributed by atoms with Crippen molar-refractivity contribution < 1.29 is 4.79 Å². The van der Waals surface area contributed by atoms with Crippen molar-refractivity contribution in [1.82, 2.24) is 4.98 Å². The zero-order chi connectivity index (χ0) is 14.7. The fourth-order valence-corrected chi connectivity index (χ4v) is 2.56. The van der Waals surface area contributed by atoms with Crippen LogP contribution in [0.15, 0.2) is 47.4 Å². The summed E-state index contributed by atoms with van der Waals surface area (Å²) in [6.45, 7) is 2.04. The molecule has 0 spiro atoms. The van der Waals surface area contributed by atoms with Gasteiger partial charge in [0.1, 0.15) is 0 Å². The SMILES string of the molecule is O=C(Nc1ccccc1N1CCCC1)c1ccc(=O)[nH]c1. The number of rotatable bonds is 3. The predicted molar refractivity (Wildman–Crippen MR) is 82.9 cm³/mol. The lowest BCUT2D eigenvalue weighted by atomic mass is 10.2. The fourth-order valence-electron chi connectivity index (χ4n) is 2.56. The molecule has 21 heavy (non-hydrogen) atoms. The van der Waals surface area contributed by atoms with Crippen molar-refractivity contribution in [2.75, 3.05) is 23.3 Å². The van der Waals surface area contributed by atoms with Crippen LogP contribution in [0.4, 0.5) is 11.4 Å². The van der Waals surface area contributed by atoms with Gasteiger partial charge in [-0.05, 0) is 31.0 Å². The lowest BCUT2D eigenvalue weighted by Gasteiger charge is -2.21. The third-order valence-corrected chi connectivity index (χ3v) is 3.65. The number of nitrogens with one attached hydrogen (secondary N) is 2. The van der Waals surface area contributed by atoms with E-state index in [9.17, 15) is 9.59 Å². The molecule has 1 saturated heterocycles. The lowest BCUT2D eigenvalue weighted by molar-refractivity contribution is 0.102. The summed E-state index contributed by atoms with van der Waals surface area (Å²) in [7, 11) is 0. The van der Waals surface area contributed by atoms with E-state index < -0.39 is 0 Å². The van der Waals surface area contributed by atoms with Gasteiger partial charge in [-0.15, -0.1) is 0 Å². The highest BCUT2D eigenvalue weighted by atomic mass is 16.1. The third-order valence-electron chi connectivity index (χ3n) is 3.65. The summed E-state index contributed by atoms with van der Waals surface area (Å²) in [5, 5.41) is 2.92. The minimum Gasteiger partial charge on any atom is -0.370 e. The van der Waals surface area contributed by atoms with E-state index in [1.165, 1.54) is 31.2 Å². The van der Waals surface area contributed by atoms with Gasteiger partial charge in [0, 0.05) is 25.4 Å². The molecule has 0 bridgehead atoms. The number of para-hydroxylation sites is 2. The molecule has 1 aromatic heterocycles. The summed E-state index contributed by atoms with van der Waals surface area (Å²) in [6, 6.07) is 10.7. The molecule has 0 unspecified atom stereocenters. The van der Waals surface area contributed by atoms with Crippen LogP contribution in [0.5, 0.6) is 0 Å². The van der Waals surface area contributed by atoms with Gasteiger partial charge in [-0.1, -0.05) is 12.1 Å². The zero-order valence-electron chi connectivity index (χ0n) is 11.6. The molecular formula is C16H17N3O2. The Morgan fingerprint density at radius 1 is 1.10 bits per heavy atom. The third kappa shape index (κ3) is 2.97. The molecule has 108 valence electrons. The number of pyridine rings is 1. The number of anilines is 2. The summed E-state index contributed by atoms with van der Waals surface area (Å²) in [6.07, 6.45) is 3.79. The standard InChI is InChI=1S/C16H17N3O2/c20-15-8-7-12(11-17-15)16(21)18-13-5-1-2-6-14(13)19-9-3-4-10-19/h1-2,5-8,11H,3-4,9-10H2,(H,17,20)(H,18,21). The van der Waals surface area contributed by atoms with E-state index in [1.54, 1.807) is 0 Å². The van der Waals surface area contributed by atoms with Gasteiger partial charge < -0.3 is 15.2 Å². The maximum absolute atomic E-state index is 12.2. The average Bonchev–Trinajstić information content (AvgIpc) is 3.02. The molecule has 5 nitrogen and oxygen atoms in total. The van der Waals surface area contributed by atoms with Crippen LogP contribution in [0.25, 0.3) is 0 Å². The van der Waals surface area contributed by atoms with E-state index in [2.05, 4.69) is 15.2 Å². The molecule has 2 heterocycles. The van der Waals surface area contributed by atoms with Crippen LogP contribution in [0.1, 0.15) is 23.2 Å². The number of benzene rings is 1. The molecule has 2 aromatic rings. The molecule has 0 aliphatic carbocycles. The number of aromatic amines is 1. The minimum absolute atomic E-state index is 0.219. The lowest BCUT2D eigenvalue weighted by Crippen LogP contribution is -2.21. The van der Waals surface area contributed by atoms with Crippen LogP contribution in [0.2, 0.25) is 0 Å². The Hall–Kier alpha value is -2.56. The van der Waals surface area contributed by atoms with Gasteiger partial charge in [0.05, 0.1) is 16.9 Å². The molecule has 1 aliphatic heterocycles. The van der Waals surface area contributed by atoms with Gasteiger partial charge in [-0.2, -0.15) is 0 Å². The van der Waals surface area contributed by atoms with Crippen LogP contribution >= 0.6 is 0 Å². The predicted octanol–water partition coefficient (Wildman–Crippen LogP) is 2.23. The average molecular weight is 283 g/mol. The maximum atomic E-state index is 12.2. The highest BCUT2D eigenvalue weighted by Crippen LogP contribution is 2.28. The first-order valence-electron chi connectivity index (χ1n) is 7.08. The van der Waals surface area contributed by atoms with Crippen molar-refractivity contribution in [2.45, 2.75) is 12.8 Å². The topological polar surface area (TPSA) is 65.2 Å². The van der Waals surface area contributed by atoms with Gasteiger partial charge in [-0.25, -0.2) is 0 Å². The Kier molecular flexibility index (Phi) is 3.73. The number of nitrogens with zero attached hydrogens (tertiary/aromatic N) is 1. The van der Waals surface area contributed by atoms with Crippen molar-refractivity contribution in [2.24, 2.45) is 0 Å². The van der Waals surface area contributed by atoms with E-state index in [0.717, 1.165) is 24.5 Å². The van der Waals surface area contributed by atoms with Crippen molar-refractivity contribution in [3.8, 4) is 0 Å². The number of aromatic nitrogens is 1. The first-order valence-corrected chi connectivity index (χ1v) is 7.08. The van der Waals surface area contributed by atoms with Crippen LogP contribution in [0, 0.1) is 0 Å². The Morgan fingerprint density at radius 2 is 1.86 bits per heavy atom. The monoisotopic (exact) mass is 283 g/mol. The molecule has 0 saturated carbocycles. The molecule has 1 aliphatic rings. The van der Waals surface area contributed by atoms with E-state index in [-0.39, 0.29) is 11.5 Å². The maximum Gasteiger partial charge on any atom is 0.257 e. The number of amides is 1. The first kappa shape index (κ1) is 13.4. The van der Waals surface area contributed by atoms with Gasteiger partial charge in [0.2, 0.25) is 5.56 Å². The normalized spacial score (nSPS) is 14.2. The fraction of sp³-hybridized carbons (Fsp3) is 0.250. The summed E-state index contributed by atoms with van der Waals surface area (Å²) in [5.74, 6) is -0.224. The van der Waals surface area contributed by atoms with Gasteiger partial charge in [0.15, 0.2) is 0 Å². The van der Waals surface area contributed by atoms with Crippen molar-refractivity contribution >= 4 is 17.3 Å². The molecule has 5 heteroatoms. The highest BCUT2D eigenvalue weighted by molar-refractivity contribution is 6.05. The van der Waals surface area contributed by atoms with Crippen molar-refractivity contribution in [1.29, 1.82) is 0 Å². The Labute approximate surface area is 122 Å². The van der Waals surface area contributed by atoms with Crippen molar-refractivity contribution in [3.63, 3.8) is 0 Å². The molecule has 2 N–H and O–H groups in total. The van der Waals surface area contributed by atoms with Crippen LogP contribution < -0.4 is 15.8 Å². The first-order chi connectivity index (χ1) is 10.2. The Morgan fingerprint density at radius 3 is 2.57 bits per heavy atom. The van der Waals surface area contributed by atoms with Crippen molar-refractivity contribution in [3.05, 3.63) is 58.5 Å². The second-order valence-corrected chi connectivity index (χ2v) is 5.11. The van der Waals surface area contributed by atoms with E-state index in [4.69, 9.17) is 0 Å². The zero-order valence-corrected chi connectivity index (χ0v) is 11.6. The molecule has 3 rings (SSSR count). The largest absolute Gasteiger partial charge is 0.370 e. The van der Waals surface area contributed by atoms with Crippen LogP contribution in [-0.2, 0) is 0 Å². The number of hydrogen-bond acceptors (Lipinski definition) is 3. The summed E-state index contributed by atoms with van der Waals surface area (Å²) < 4.78 is 0. The number of carbonyl (C=O) groups is 1.